The molecule has 31 heavy (non-hydrogen) atoms. The van der Waals surface area contributed by atoms with Crippen LogP contribution in [0, 0.1) is 18.6 Å². The van der Waals surface area contributed by atoms with Gasteiger partial charge in [0.25, 0.3) is 0 Å². The molecule has 0 aliphatic carbocycles. The van der Waals surface area contributed by atoms with E-state index in [1.807, 2.05) is 11.6 Å². The van der Waals surface area contributed by atoms with E-state index in [9.17, 15) is 8.78 Å². The molecule has 0 saturated carbocycles. The van der Waals surface area contributed by atoms with Gasteiger partial charge < -0.3 is 14.3 Å². The molecule has 3 heterocycles. The highest BCUT2D eigenvalue weighted by atomic mass is 19.1. The van der Waals surface area contributed by atoms with Crippen molar-refractivity contribution in [2.45, 2.75) is 6.92 Å². The van der Waals surface area contributed by atoms with Gasteiger partial charge in [-0.1, -0.05) is 0 Å². The predicted molar refractivity (Wildman–Crippen MR) is 114 cm³/mol. The molecule has 0 fully saturated rings. The number of nitrogens with zero attached hydrogens (tertiary/aromatic N) is 4. The average Bonchev–Trinajstić information content (AvgIpc) is 3.33. The number of hydrogen-bond donors (Lipinski definition) is 1. The first-order valence-electron chi connectivity index (χ1n) is 9.56. The third-order valence-corrected chi connectivity index (χ3v) is 5.00. The second kappa shape index (κ2) is 7.32. The van der Waals surface area contributed by atoms with Gasteiger partial charge in [0.2, 0.25) is 0 Å². The van der Waals surface area contributed by atoms with Crippen molar-refractivity contribution < 1.29 is 13.2 Å². The summed E-state index contributed by atoms with van der Waals surface area (Å²) in [6, 6.07) is 12.7. The minimum atomic E-state index is -0.431. The van der Waals surface area contributed by atoms with Crippen LogP contribution >= 0.6 is 0 Å². The number of aryl methyl sites for hydroxylation is 2. The molecule has 5 aromatic rings. The maximum Gasteiger partial charge on any atom is 0.191 e. The molecule has 0 saturated heterocycles. The fraction of sp³-hybridized carbons (Fsp3) is 0.0870. The fourth-order valence-electron chi connectivity index (χ4n) is 3.47. The highest BCUT2D eigenvalue weighted by Crippen LogP contribution is 2.31. The molecular weight excluding hydrogens is 400 g/mol. The number of oxazole rings is 1. The number of nitrogens with one attached hydrogen (secondary N) is 1. The number of anilines is 2. The maximum atomic E-state index is 14.7. The largest absolute Gasteiger partial charge is 0.441 e. The summed E-state index contributed by atoms with van der Waals surface area (Å²) in [4.78, 5) is 13.1. The van der Waals surface area contributed by atoms with E-state index in [0.717, 1.165) is 5.56 Å². The van der Waals surface area contributed by atoms with Crippen LogP contribution in [0.15, 0.2) is 65.3 Å². The Hall–Kier alpha value is -4.07. The lowest BCUT2D eigenvalue weighted by Gasteiger charge is -2.08. The number of benzene rings is 2. The lowest BCUT2D eigenvalue weighted by molar-refractivity contribution is 0.528. The Bertz CT molecular complexity index is 1410. The SMILES string of the molecule is Cc1ncc(-c2ccc(Nc3ccnc4c3nc(-c3ccc(F)cc3)n4C)cc2F)o1. The molecule has 0 aliphatic heterocycles. The zero-order valence-electron chi connectivity index (χ0n) is 16.7. The van der Waals surface area contributed by atoms with Crippen molar-refractivity contribution in [2.24, 2.45) is 7.05 Å². The monoisotopic (exact) mass is 417 g/mol. The number of pyridine rings is 1. The molecule has 5 rings (SSSR count). The van der Waals surface area contributed by atoms with Gasteiger partial charge in [-0.25, -0.2) is 23.7 Å². The number of rotatable bonds is 4. The first-order chi connectivity index (χ1) is 15.0. The van der Waals surface area contributed by atoms with Crippen molar-refractivity contribution in [2.75, 3.05) is 5.32 Å². The van der Waals surface area contributed by atoms with Gasteiger partial charge in [-0.2, -0.15) is 0 Å². The van der Waals surface area contributed by atoms with Gasteiger partial charge in [0.05, 0.1) is 17.4 Å². The average molecular weight is 417 g/mol. The van der Waals surface area contributed by atoms with Crippen molar-refractivity contribution in [3.05, 3.63) is 78.4 Å². The summed E-state index contributed by atoms with van der Waals surface area (Å²) in [7, 11) is 1.85. The van der Waals surface area contributed by atoms with Crippen LogP contribution in [0.4, 0.5) is 20.2 Å². The van der Waals surface area contributed by atoms with E-state index in [-0.39, 0.29) is 5.82 Å². The van der Waals surface area contributed by atoms with Gasteiger partial charge >= 0.3 is 0 Å². The van der Waals surface area contributed by atoms with Crippen LogP contribution in [-0.4, -0.2) is 19.5 Å². The third kappa shape index (κ3) is 3.42. The van der Waals surface area contributed by atoms with Gasteiger partial charge in [-0.3, -0.25) is 0 Å². The topological polar surface area (TPSA) is 68.8 Å². The van der Waals surface area contributed by atoms with Crippen LogP contribution in [0.2, 0.25) is 0 Å². The maximum absolute atomic E-state index is 14.7. The lowest BCUT2D eigenvalue weighted by Crippen LogP contribution is -1.95. The number of fused-ring (bicyclic) bond motifs is 1. The molecule has 0 aliphatic rings. The van der Waals surface area contributed by atoms with Crippen LogP contribution in [-0.2, 0) is 7.05 Å². The molecule has 6 nitrogen and oxygen atoms in total. The van der Waals surface area contributed by atoms with Crippen molar-refractivity contribution in [3.8, 4) is 22.7 Å². The van der Waals surface area contributed by atoms with Gasteiger partial charge in [0, 0.05) is 31.4 Å². The van der Waals surface area contributed by atoms with E-state index in [1.165, 1.54) is 24.4 Å². The number of hydrogen-bond acceptors (Lipinski definition) is 5. The molecule has 0 radical (unpaired) electrons. The van der Waals surface area contributed by atoms with Gasteiger partial charge in [0.15, 0.2) is 17.3 Å². The molecule has 0 bridgehead atoms. The molecule has 0 amide bonds. The van der Waals surface area contributed by atoms with Gasteiger partial charge in [0.1, 0.15) is 23.0 Å². The Morgan fingerprint density at radius 3 is 2.52 bits per heavy atom. The zero-order chi connectivity index (χ0) is 21.5. The molecule has 2 aromatic carbocycles. The molecule has 3 aromatic heterocycles. The van der Waals surface area contributed by atoms with E-state index < -0.39 is 5.82 Å². The van der Waals surface area contributed by atoms with Crippen molar-refractivity contribution in [1.82, 2.24) is 19.5 Å². The Kier molecular flexibility index (Phi) is 4.47. The van der Waals surface area contributed by atoms with E-state index in [2.05, 4.69) is 15.3 Å². The third-order valence-electron chi connectivity index (χ3n) is 5.00. The van der Waals surface area contributed by atoms with Crippen molar-refractivity contribution in [3.63, 3.8) is 0 Å². The van der Waals surface area contributed by atoms with Gasteiger partial charge in [-0.15, -0.1) is 0 Å². The predicted octanol–water partition coefficient (Wildman–Crippen LogP) is 5.62. The molecule has 1 N–H and O–H groups in total. The van der Waals surface area contributed by atoms with E-state index >= 15 is 0 Å². The fourth-order valence-corrected chi connectivity index (χ4v) is 3.47. The first-order valence-corrected chi connectivity index (χ1v) is 9.56. The van der Waals surface area contributed by atoms with Crippen molar-refractivity contribution in [1.29, 1.82) is 0 Å². The minimum Gasteiger partial charge on any atom is -0.441 e. The van der Waals surface area contributed by atoms with Crippen molar-refractivity contribution >= 4 is 22.5 Å². The summed E-state index contributed by atoms with van der Waals surface area (Å²) >= 11 is 0. The summed E-state index contributed by atoms with van der Waals surface area (Å²) in [6.07, 6.45) is 3.15. The van der Waals surface area contributed by atoms with Crippen LogP contribution in [0.5, 0.6) is 0 Å². The molecule has 0 atom stereocenters. The summed E-state index contributed by atoms with van der Waals surface area (Å²) in [6.45, 7) is 1.71. The van der Waals surface area contributed by atoms with Crippen LogP contribution < -0.4 is 5.32 Å². The summed E-state index contributed by atoms with van der Waals surface area (Å²) in [5, 5.41) is 3.21. The quantitative estimate of drug-likeness (QED) is 0.411. The molecule has 154 valence electrons. The molecular formula is C23H17F2N5O. The van der Waals surface area contributed by atoms with Crippen LogP contribution in [0.3, 0.4) is 0 Å². The Morgan fingerprint density at radius 1 is 1.00 bits per heavy atom. The van der Waals surface area contributed by atoms with Gasteiger partial charge in [-0.05, 0) is 48.5 Å². The molecule has 0 unspecified atom stereocenters. The smallest absolute Gasteiger partial charge is 0.191 e. The first kappa shape index (κ1) is 18.9. The number of aromatic nitrogens is 4. The highest BCUT2D eigenvalue weighted by molar-refractivity contribution is 5.90. The standard InChI is InChI=1S/C23H17F2N5O/c1-13-27-12-20(31-13)17-8-7-16(11-18(17)25)28-19-9-10-26-23-21(19)29-22(30(23)2)14-3-5-15(24)6-4-14/h3-12H,1-2H3,(H,26,28). The highest BCUT2D eigenvalue weighted by Gasteiger charge is 2.15. The lowest BCUT2D eigenvalue weighted by atomic mass is 10.1. The number of imidazole rings is 1. The Balaban J connectivity index is 1.51. The summed E-state index contributed by atoms with van der Waals surface area (Å²) in [5.74, 6) is 0.761. The zero-order valence-corrected chi connectivity index (χ0v) is 16.7. The van der Waals surface area contributed by atoms with Crippen LogP contribution in [0.1, 0.15) is 5.89 Å². The van der Waals surface area contributed by atoms with E-state index in [0.29, 0.717) is 45.6 Å². The summed E-state index contributed by atoms with van der Waals surface area (Å²) < 4.78 is 35.2. The van der Waals surface area contributed by atoms with E-state index in [1.54, 1.807) is 43.5 Å². The second-order valence-electron chi connectivity index (χ2n) is 7.10. The Labute approximate surface area is 176 Å². The summed E-state index contributed by atoms with van der Waals surface area (Å²) in [5.41, 5.74) is 3.61. The van der Waals surface area contributed by atoms with E-state index in [4.69, 9.17) is 9.40 Å². The second-order valence-corrected chi connectivity index (χ2v) is 7.10. The molecule has 0 spiro atoms. The normalized spacial score (nSPS) is 11.2. The van der Waals surface area contributed by atoms with Crippen LogP contribution in [0.25, 0.3) is 33.9 Å². The number of halogens is 2. The molecule has 8 heteroatoms. The minimum absolute atomic E-state index is 0.311. The Morgan fingerprint density at radius 2 is 1.81 bits per heavy atom.